The second-order valence-electron chi connectivity index (χ2n) is 5.17. The summed E-state index contributed by atoms with van der Waals surface area (Å²) in [5, 5.41) is 6.22. The lowest BCUT2D eigenvalue weighted by Gasteiger charge is -2.17. The van der Waals surface area contributed by atoms with E-state index < -0.39 is 23.8 Å². The van der Waals surface area contributed by atoms with Gasteiger partial charge in [-0.25, -0.2) is 4.68 Å². The van der Waals surface area contributed by atoms with Gasteiger partial charge >= 0.3 is 6.18 Å². The molecule has 1 amide bonds. The highest BCUT2D eigenvalue weighted by molar-refractivity contribution is 5.95. The van der Waals surface area contributed by atoms with Crippen molar-refractivity contribution in [1.82, 2.24) is 9.78 Å². The van der Waals surface area contributed by atoms with Crippen LogP contribution in [-0.2, 0) is 15.7 Å². The van der Waals surface area contributed by atoms with E-state index in [1.54, 1.807) is 12.3 Å². The van der Waals surface area contributed by atoms with Crippen LogP contribution in [0.2, 0.25) is 0 Å². The first kappa shape index (κ1) is 15.5. The number of alkyl halides is 3. The average molecular weight is 325 g/mol. The predicted octanol–water partition coefficient (Wildman–Crippen LogP) is 3.01. The van der Waals surface area contributed by atoms with Crippen molar-refractivity contribution in [3.05, 3.63) is 42.2 Å². The number of carbonyl (C=O) groups excluding carboxylic acids is 1. The van der Waals surface area contributed by atoms with Crippen molar-refractivity contribution in [2.24, 2.45) is 0 Å². The number of carbonyl (C=O) groups is 1. The molecule has 23 heavy (non-hydrogen) atoms. The highest BCUT2D eigenvalue weighted by atomic mass is 19.4. The van der Waals surface area contributed by atoms with Gasteiger partial charge in [-0.1, -0.05) is 0 Å². The molecule has 0 spiro atoms. The second kappa shape index (κ2) is 6.04. The summed E-state index contributed by atoms with van der Waals surface area (Å²) in [7, 11) is 0. The van der Waals surface area contributed by atoms with Crippen LogP contribution in [0.25, 0.3) is 5.69 Å². The Bertz CT molecular complexity index is 692. The van der Waals surface area contributed by atoms with E-state index in [2.05, 4.69) is 10.4 Å². The number of aromatic nitrogens is 2. The Morgan fingerprint density at radius 2 is 2.22 bits per heavy atom. The number of benzene rings is 1. The zero-order valence-electron chi connectivity index (χ0n) is 12.0. The SMILES string of the molecule is O=C(Nc1ccc(-n2cccn2)cc1C(F)(F)F)C1CCCO1. The minimum Gasteiger partial charge on any atom is -0.368 e. The second-order valence-corrected chi connectivity index (χ2v) is 5.17. The first-order valence-corrected chi connectivity index (χ1v) is 7.09. The van der Waals surface area contributed by atoms with Gasteiger partial charge in [0.15, 0.2) is 0 Å². The van der Waals surface area contributed by atoms with E-state index in [4.69, 9.17) is 4.74 Å². The molecule has 1 aromatic heterocycles. The molecule has 5 nitrogen and oxygen atoms in total. The van der Waals surface area contributed by atoms with Gasteiger partial charge in [0.25, 0.3) is 5.91 Å². The summed E-state index contributed by atoms with van der Waals surface area (Å²) < 4.78 is 46.4. The van der Waals surface area contributed by atoms with Crippen molar-refractivity contribution in [2.45, 2.75) is 25.1 Å². The lowest BCUT2D eigenvalue weighted by molar-refractivity contribution is -0.137. The minimum atomic E-state index is -4.59. The fourth-order valence-electron chi connectivity index (χ4n) is 2.44. The Morgan fingerprint density at radius 1 is 1.39 bits per heavy atom. The molecule has 1 unspecified atom stereocenters. The standard InChI is InChI=1S/C15H14F3N3O2/c16-15(17,18)11-9-10(21-7-2-6-19-21)4-5-12(11)20-14(22)13-3-1-8-23-13/h2,4-7,9,13H,1,3,8H2,(H,20,22). The smallest absolute Gasteiger partial charge is 0.368 e. The van der Waals surface area contributed by atoms with E-state index in [1.165, 1.54) is 23.0 Å². The van der Waals surface area contributed by atoms with Gasteiger partial charge in [0.1, 0.15) is 6.10 Å². The third-order valence-electron chi connectivity index (χ3n) is 3.56. The number of halogens is 3. The fourth-order valence-corrected chi connectivity index (χ4v) is 2.44. The number of hydrogen-bond acceptors (Lipinski definition) is 3. The topological polar surface area (TPSA) is 56.2 Å². The van der Waals surface area contributed by atoms with E-state index in [1.807, 2.05) is 0 Å². The molecule has 0 bridgehead atoms. The molecule has 3 rings (SSSR count). The number of rotatable bonds is 3. The van der Waals surface area contributed by atoms with Gasteiger partial charge in [-0.15, -0.1) is 0 Å². The van der Waals surface area contributed by atoms with Gasteiger partial charge in [-0.05, 0) is 37.1 Å². The summed E-state index contributed by atoms with van der Waals surface area (Å²) in [6.07, 6.45) is -1.04. The van der Waals surface area contributed by atoms with Crippen LogP contribution in [0.5, 0.6) is 0 Å². The molecule has 1 aliphatic heterocycles. The summed E-state index contributed by atoms with van der Waals surface area (Å²) in [5.74, 6) is -0.556. The van der Waals surface area contributed by atoms with Gasteiger partial charge in [0.05, 0.1) is 16.9 Å². The lowest BCUT2D eigenvalue weighted by Crippen LogP contribution is -2.28. The molecule has 0 aliphatic carbocycles. The number of hydrogen-bond donors (Lipinski definition) is 1. The molecule has 1 aliphatic rings. The maximum absolute atomic E-state index is 13.3. The van der Waals surface area contributed by atoms with Crippen LogP contribution in [0.3, 0.4) is 0 Å². The lowest BCUT2D eigenvalue weighted by atomic mass is 10.1. The molecule has 1 N–H and O–H groups in total. The molecular formula is C15H14F3N3O2. The largest absolute Gasteiger partial charge is 0.418 e. The van der Waals surface area contributed by atoms with E-state index in [0.717, 1.165) is 12.5 Å². The zero-order valence-corrected chi connectivity index (χ0v) is 12.0. The Labute approximate surface area is 130 Å². The maximum Gasteiger partial charge on any atom is 0.418 e. The number of anilines is 1. The number of nitrogens with zero attached hydrogens (tertiary/aromatic N) is 2. The van der Waals surface area contributed by atoms with Gasteiger partial charge in [-0.3, -0.25) is 4.79 Å². The fraction of sp³-hybridized carbons (Fsp3) is 0.333. The highest BCUT2D eigenvalue weighted by Gasteiger charge is 2.35. The summed E-state index contributed by atoms with van der Waals surface area (Å²) in [6, 6.07) is 5.26. The van der Waals surface area contributed by atoms with Crippen LogP contribution in [-0.4, -0.2) is 28.4 Å². The van der Waals surface area contributed by atoms with Gasteiger partial charge in [0, 0.05) is 19.0 Å². The third kappa shape index (κ3) is 3.37. The Kier molecular flexibility index (Phi) is 4.08. The first-order valence-electron chi connectivity index (χ1n) is 7.09. The van der Waals surface area contributed by atoms with Crippen molar-refractivity contribution in [2.75, 3.05) is 11.9 Å². The van der Waals surface area contributed by atoms with Crippen molar-refractivity contribution in [1.29, 1.82) is 0 Å². The van der Waals surface area contributed by atoms with E-state index in [-0.39, 0.29) is 11.4 Å². The molecule has 1 fully saturated rings. The minimum absolute atomic E-state index is 0.262. The summed E-state index contributed by atoms with van der Waals surface area (Å²) >= 11 is 0. The van der Waals surface area contributed by atoms with Crippen LogP contribution >= 0.6 is 0 Å². The molecule has 122 valence electrons. The van der Waals surface area contributed by atoms with Gasteiger partial charge < -0.3 is 10.1 Å². The molecule has 1 atom stereocenters. The molecule has 0 saturated carbocycles. The molecule has 0 radical (unpaired) electrons. The maximum atomic E-state index is 13.3. The summed E-state index contributed by atoms with van der Waals surface area (Å²) in [6.45, 7) is 0.447. The molecule has 8 heteroatoms. The highest BCUT2D eigenvalue weighted by Crippen LogP contribution is 2.36. The van der Waals surface area contributed by atoms with E-state index >= 15 is 0 Å². The van der Waals surface area contributed by atoms with Crippen LogP contribution in [0.1, 0.15) is 18.4 Å². The van der Waals surface area contributed by atoms with Crippen molar-refractivity contribution >= 4 is 11.6 Å². The average Bonchev–Trinajstić information content (AvgIpc) is 3.20. The number of ether oxygens (including phenoxy) is 1. The Hall–Kier alpha value is -2.35. The predicted molar refractivity (Wildman–Crippen MR) is 76.2 cm³/mol. The number of amides is 1. The van der Waals surface area contributed by atoms with E-state index in [0.29, 0.717) is 13.0 Å². The normalized spacial score (nSPS) is 18.1. The third-order valence-corrected chi connectivity index (χ3v) is 3.56. The summed E-state index contributed by atoms with van der Waals surface area (Å²) in [5.41, 5.74) is -0.941. The van der Waals surface area contributed by atoms with Crippen LogP contribution < -0.4 is 5.32 Å². The van der Waals surface area contributed by atoms with Crippen molar-refractivity contribution in [3.63, 3.8) is 0 Å². The summed E-state index contributed by atoms with van der Waals surface area (Å²) in [4.78, 5) is 12.0. The monoisotopic (exact) mass is 325 g/mol. The quantitative estimate of drug-likeness (QED) is 0.944. The van der Waals surface area contributed by atoms with Gasteiger partial charge in [-0.2, -0.15) is 18.3 Å². The van der Waals surface area contributed by atoms with Crippen molar-refractivity contribution < 1.29 is 22.7 Å². The first-order chi connectivity index (χ1) is 10.9. The molecule has 1 aromatic carbocycles. The van der Waals surface area contributed by atoms with Crippen LogP contribution in [0.15, 0.2) is 36.7 Å². The van der Waals surface area contributed by atoms with Crippen LogP contribution in [0.4, 0.5) is 18.9 Å². The van der Waals surface area contributed by atoms with Crippen molar-refractivity contribution in [3.8, 4) is 5.69 Å². The zero-order chi connectivity index (χ0) is 16.4. The molecule has 1 saturated heterocycles. The van der Waals surface area contributed by atoms with E-state index in [9.17, 15) is 18.0 Å². The Balaban J connectivity index is 1.91. The Morgan fingerprint density at radius 3 is 2.83 bits per heavy atom. The molecule has 2 aromatic rings. The van der Waals surface area contributed by atoms with Crippen LogP contribution in [0, 0.1) is 0 Å². The number of nitrogens with one attached hydrogen (secondary N) is 1. The van der Waals surface area contributed by atoms with Gasteiger partial charge in [0.2, 0.25) is 0 Å². The molecular weight excluding hydrogens is 311 g/mol. The molecule has 2 heterocycles.